The first kappa shape index (κ1) is 20.6. The smallest absolute Gasteiger partial charge is 0.314 e. The van der Waals surface area contributed by atoms with Gasteiger partial charge in [-0.05, 0) is 38.0 Å². The highest BCUT2D eigenvalue weighted by Gasteiger charge is 2.30. The Hall–Kier alpha value is -1.71. The second-order valence-corrected chi connectivity index (χ2v) is 8.54. The lowest BCUT2D eigenvalue weighted by Crippen LogP contribution is -2.50. The van der Waals surface area contributed by atoms with Crippen molar-refractivity contribution in [3.8, 4) is 0 Å². The summed E-state index contributed by atoms with van der Waals surface area (Å²) in [6.07, 6.45) is 0.280. The molecule has 1 aromatic carbocycles. The molecule has 0 saturated carbocycles. The second-order valence-electron chi connectivity index (χ2n) is 6.45. The number of nitrogens with one attached hydrogen (secondary N) is 2. The molecule has 1 heterocycles. The van der Waals surface area contributed by atoms with Crippen LogP contribution < -0.4 is 10.6 Å². The molecular weight excluding hydrogens is 361 g/mol. The predicted molar refractivity (Wildman–Crippen MR) is 96.9 cm³/mol. The highest BCUT2D eigenvalue weighted by molar-refractivity contribution is 7.89. The summed E-state index contributed by atoms with van der Waals surface area (Å²) in [6, 6.07) is 5.63. The van der Waals surface area contributed by atoms with E-state index >= 15 is 0 Å². The molecule has 0 spiro atoms. The van der Waals surface area contributed by atoms with Crippen LogP contribution in [0.25, 0.3) is 0 Å². The van der Waals surface area contributed by atoms with Crippen LogP contribution in [0.5, 0.6) is 0 Å². The summed E-state index contributed by atoms with van der Waals surface area (Å²) in [4.78, 5) is 11.7. The van der Waals surface area contributed by atoms with Crippen LogP contribution in [0.4, 0.5) is 9.18 Å². The van der Waals surface area contributed by atoms with Crippen LogP contribution in [0.1, 0.15) is 19.4 Å². The number of ether oxygens (including phenoxy) is 1. The molecule has 1 aliphatic heterocycles. The number of urea groups is 1. The molecule has 146 valence electrons. The third-order valence-electron chi connectivity index (χ3n) is 4.04. The number of nitrogens with zero attached hydrogens (tertiary/aromatic N) is 1. The van der Waals surface area contributed by atoms with E-state index in [4.69, 9.17) is 4.74 Å². The van der Waals surface area contributed by atoms with Crippen LogP contribution in [0.2, 0.25) is 0 Å². The Morgan fingerprint density at radius 3 is 2.35 bits per heavy atom. The fourth-order valence-electron chi connectivity index (χ4n) is 2.81. The van der Waals surface area contributed by atoms with Crippen molar-refractivity contribution in [1.29, 1.82) is 0 Å². The molecule has 1 aliphatic rings. The van der Waals surface area contributed by atoms with Gasteiger partial charge in [-0.3, -0.25) is 0 Å². The molecule has 1 saturated heterocycles. The van der Waals surface area contributed by atoms with Crippen molar-refractivity contribution in [3.63, 3.8) is 0 Å². The van der Waals surface area contributed by atoms with Gasteiger partial charge in [-0.2, -0.15) is 4.31 Å². The number of halogens is 1. The largest absolute Gasteiger partial charge is 0.373 e. The monoisotopic (exact) mass is 387 g/mol. The van der Waals surface area contributed by atoms with E-state index in [0.717, 1.165) is 5.56 Å². The van der Waals surface area contributed by atoms with Crippen molar-refractivity contribution in [1.82, 2.24) is 14.9 Å². The number of hydrogen-bond donors (Lipinski definition) is 2. The third kappa shape index (κ3) is 6.54. The molecule has 9 heteroatoms. The maximum absolute atomic E-state index is 12.8. The Morgan fingerprint density at radius 1 is 1.15 bits per heavy atom. The number of hydrogen-bond acceptors (Lipinski definition) is 4. The van der Waals surface area contributed by atoms with Crippen LogP contribution >= 0.6 is 0 Å². The first-order valence-electron chi connectivity index (χ1n) is 8.65. The van der Waals surface area contributed by atoms with Gasteiger partial charge in [-0.1, -0.05) is 12.1 Å². The average Bonchev–Trinajstić information content (AvgIpc) is 2.55. The Balaban J connectivity index is 1.67. The Kier molecular flexibility index (Phi) is 7.36. The Bertz CT molecular complexity index is 686. The number of carbonyl (C=O) groups is 1. The van der Waals surface area contributed by atoms with E-state index in [1.54, 1.807) is 12.1 Å². The van der Waals surface area contributed by atoms with Gasteiger partial charge in [0.25, 0.3) is 0 Å². The van der Waals surface area contributed by atoms with E-state index in [0.29, 0.717) is 26.1 Å². The Morgan fingerprint density at radius 2 is 1.73 bits per heavy atom. The molecule has 0 radical (unpaired) electrons. The van der Waals surface area contributed by atoms with Gasteiger partial charge in [0.15, 0.2) is 0 Å². The lowest BCUT2D eigenvalue weighted by Gasteiger charge is -2.34. The summed E-state index contributed by atoms with van der Waals surface area (Å²) in [5.74, 6) is -0.456. The number of morpholine rings is 1. The normalized spacial score (nSPS) is 21.3. The van der Waals surface area contributed by atoms with Crippen LogP contribution in [0, 0.1) is 5.82 Å². The quantitative estimate of drug-likeness (QED) is 0.734. The van der Waals surface area contributed by atoms with E-state index in [2.05, 4.69) is 10.6 Å². The van der Waals surface area contributed by atoms with E-state index in [1.165, 1.54) is 16.4 Å². The lowest BCUT2D eigenvalue weighted by atomic mass is 10.1. The van der Waals surface area contributed by atoms with Gasteiger partial charge in [0.1, 0.15) is 5.82 Å². The van der Waals surface area contributed by atoms with E-state index in [-0.39, 0.29) is 30.3 Å². The topological polar surface area (TPSA) is 87.7 Å². The summed E-state index contributed by atoms with van der Waals surface area (Å²) in [7, 11) is -3.44. The summed E-state index contributed by atoms with van der Waals surface area (Å²) >= 11 is 0. The van der Waals surface area contributed by atoms with Gasteiger partial charge < -0.3 is 15.4 Å². The minimum absolute atomic E-state index is 0.0326. The van der Waals surface area contributed by atoms with Gasteiger partial charge in [-0.25, -0.2) is 17.6 Å². The number of amides is 2. The summed E-state index contributed by atoms with van der Waals surface area (Å²) in [6.45, 7) is 4.75. The molecule has 0 aliphatic carbocycles. The van der Waals surface area contributed by atoms with Crippen molar-refractivity contribution in [2.75, 3.05) is 31.9 Å². The maximum atomic E-state index is 12.8. The van der Waals surface area contributed by atoms with Gasteiger partial charge in [-0.15, -0.1) is 0 Å². The van der Waals surface area contributed by atoms with Crippen molar-refractivity contribution >= 4 is 16.1 Å². The van der Waals surface area contributed by atoms with Crippen molar-refractivity contribution in [2.45, 2.75) is 32.5 Å². The summed E-state index contributed by atoms with van der Waals surface area (Å²) in [5.41, 5.74) is 0.907. The first-order chi connectivity index (χ1) is 12.3. The SMILES string of the molecule is CC1CN(S(=O)(=O)CCNC(=O)NCCc2ccc(F)cc2)CC(C)O1. The molecule has 1 fully saturated rings. The van der Waals surface area contributed by atoms with Crippen molar-refractivity contribution in [3.05, 3.63) is 35.6 Å². The van der Waals surface area contributed by atoms with Gasteiger partial charge in [0.05, 0.1) is 18.0 Å². The zero-order valence-electron chi connectivity index (χ0n) is 15.1. The van der Waals surface area contributed by atoms with Crippen molar-refractivity contribution < 1.29 is 22.3 Å². The number of carbonyl (C=O) groups excluding carboxylic acids is 1. The Labute approximate surface area is 154 Å². The fourth-order valence-corrected chi connectivity index (χ4v) is 4.31. The van der Waals surface area contributed by atoms with E-state index in [1.807, 2.05) is 13.8 Å². The standard InChI is InChI=1S/C17H26FN3O4S/c1-13-11-21(12-14(2)25-13)26(23,24)10-9-20-17(22)19-8-7-15-3-5-16(18)6-4-15/h3-6,13-14H,7-12H2,1-2H3,(H2,19,20,22). The molecule has 2 atom stereocenters. The molecule has 2 unspecified atom stereocenters. The van der Waals surface area contributed by atoms with Gasteiger partial charge >= 0.3 is 6.03 Å². The van der Waals surface area contributed by atoms with Crippen LogP contribution in [-0.4, -0.2) is 62.9 Å². The van der Waals surface area contributed by atoms with Crippen LogP contribution in [-0.2, 0) is 21.2 Å². The molecule has 26 heavy (non-hydrogen) atoms. The zero-order valence-corrected chi connectivity index (χ0v) is 15.9. The highest BCUT2D eigenvalue weighted by atomic mass is 32.2. The predicted octanol–water partition coefficient (Wildman–Crippen LogP) is 1.11. The average molecular weight is 387 g/mol. The molecule has 2 amide bonds. The molecule has 1 aromatic rings. The van der Waals surface area contributed by atoms with Gasteiger partial charge in [0.2, 0.25) is 10.0 Å². The van der Waals surface area contributed by atoms with Gasteiger partial charge in [0, 0.05) is 26.2 Å². The highest BCUT2D eigenvalue weighted by Crippen LogP contribution is 2.14. The number of benzene rings is 1. The maximum Gasteiger partial charge on any atom is 0.314 e. The van der Waals surface area contributed by atoms with E-state index in [9.17, 15) is 17.6 Å². The summed E-state index contributed by atoms with van der Waals surface area (Å²) < 4.78 is 44.5. The first-order valence-corrected chi connectivity index (χ1v) is 10.3. The van der Waals surface area contributed by atoms with Crippen LogP contribution in [0.15, 0.2) is 24.3 Å². The molecule has 2 N–H and O–H groups in total. The second kappa shape index (κ2) is 9.29. The number of sulfonamides is 1. The third-order valence-corrected chi connectivity index (χ3v) is 5.84. The lowest BCUT2D eigenvalue weighted by molar-refractivity contribution is -0.0440. The van der Waals surface area contributed by atoms with E-state index < -0.39 is 16.1 Å². The minimum Gasteiger partial charge on any atom is -0.373 e. The van der Waals surface area contributed by atoms with Crippen molar-refractivity contribution in [2.24, 2.45) is 0 Å². The number of rotatable bonds is 7. The molecule has 7 nitrogen and oxygen atoms in total. The minimum atomic E-state index is -3.44. The molecule has 2 rings (SSSR count). The molecular formula is C17H26FN3O4S. The van der Waals surface area contributed by atoms with Crippen LogP contribution in [0.3, 0.4) is 0 Å². The fraction of sp³-hybridized carbons (Fsp3) is 0.588. The zero-order chi connectivity index (χ0) is 19.2. The summed E-state index contributed by atoms with van der Waals surface area (Å²) in [5, 5.41) is 5.20. The molecule has 0 aromatic heterocycles. The molecule has 0 bridgehead atoms.